The zero-order valence-corrected chi connectivity index (χ0v) is 19.6. The van der Waals surface area contributed by atoms with Crippen LogP contribution in [0.25, 0.3) is 0 Å². The molecule has 0 bridgehead atoms. The van der Waals surface area contributed by atoms with Crippen LogP contribution in [0.1, 0.15) is 28.6 Å². The van der Waals surface area contributed by atoms with Crippen molar-refractivity contribution in [3.63, 3.8) is 0 Å². The van der Waals surface area contributed by atoms with Gasteiger partial charge in [-0.1, -0.05) is 24.3 Å². The Bertz CT molecular complexity index is 993. The highest BCUT2D eigenvalue weighted by Gasteiger charge is 2.08. The summed E-state index contributed by atoms with van der Waals surface area (Å²) in [7, 11) is 0. The lowest BCUT2D eigenvalue weighted by atomic mass is 10.1. The number of carbonyl (C=O) groups is 1. The third kappa shape index (κ3) is 8.05. The molecule has 0 saturated heterocycles. The standard InChI is InChI=1S/C23H25FN4O2.HI/c1-2-25-23(26-12-11-17-6-3-8-19(24)14-17)27-16-18-7-4-9-20(15-18)28-22(29)21-10-5-13-30-21;/h3-10,13-15H,2,11-12,16H2,1H3,(H,28,29)(H2,25,26,27);1H. The second-order valence-electron chi connectivity index (χ2n) is 6.63. The average molecular weight is 536 g/mol. The van der Waals surface area contributed by atoms with Crippen molar-refractivity contribution in [2.75, 3.05) is 18.4 Å². The lowest BCUT2D eigenvalue weighted by Gasteiger charge is -2.12. The predicted octanol–water partition coefficient (Wildman–Crippen LogP) is 4.59. The molecule has 164 valence electrons. The quantitative estimate of drug-likeness (QED) is 0.224. The van der Waals surface area contributed by atoms with Crippen LogP contribution in [0.5, 0.6) is 0 Å². The first kappa shape index (κ1) is 24.4. The second kappa shape index (κ2) is 12.7. The molecule has 31 heavy (non-hydrogen) atoms. The van der Waals surface area contributed by atoms with E-state index in [0.29, 0.717) is 31.2 Å². The second-order valence-corrected chi connectivity index (χ2v) is 6.63. The summed E-state index contributed by atoms with van der Waals surface area (Å²) >= 11 is 0. The molecule has 0 atom stereocenters. The van der Waals surface area contributed by atoms with Gasteiger partial charge in [0.25, 0.3) is 5.91 Å². The molecule has 0 radical (unpaired) electrons. The Balaban J connectivity index is 0.00000341. The summed E-state index contributed by atoms with van der Waals surface area (Å²) in [4.78, 5) is 16.7. The van der Waals surface area contributed by atoms with Gasteiger partial charge in [-0.2, -0.15) is 0 Å². The number of anilines is 1. The first-order valence-corrected chi connectivity index (χ1v) is 9.84. The van der Waals surface area contributed by atoms with Crippen molar-refractivity contribution in [3.05, 3.63) is 89.6 Å². The maximum atomic E-state index is 13.3. The minimum Gasteiger partial charge on any atom is -0.459 e. The third-order valence-electron chi connectivity index (χ3n) is 4.29. The average Bonchev–Trinajstić information content (AvgIpc) is 3.27. The topological polar surface area (TPSA) is 78.7 Å². The lowest BCUT2D eigenvalue weighted by Crippen LogP contribution is -2.38. The van der Waals surface area contributed by atoms with E-state index in [2.05, 4.69) is 20.9 Å². The zero-order valence-electron chi connectivity index (χ0n) is 17.2. The van der Waals surface area contributed by atoms with Crippen LogP contribution in [0.2, 0.25) is 0 Å². The molecule has 2 aromatic carbocycles. The lowest BCUT2D eigenvalue weighted by molar-refractivity contribution is 0.0996. The normalized spacial score (nSPS) is 10.8. The molecule has 0 unspecified atom stereocenters. The monoisotopic (exact) mass is 536 g/mol. The molecule has 0 aliphatic rings. The maximum absolute atomic E-state index is 13.3. The van der Waals surface area contributed by atoms with E-state index in [1.807, 2.05) is 37.3 Å². The molecular weight excluding hydrogens is 510 g/mol. The molecule has 0 spiro atoms. The highest BCUT2D eigenvalue weighted by Crippen LogP contribution is 2.13. The van der Waals surface area contributed by atoms with Crippen LogP contribution in [-0.4, -0.2) is 25.0 Å². The number of furan rings is 1. The Hall–Kier alpha value is -2.88. The number of nitrogens with zero attached hydrogens (tertiary/aromatic N) is 1. The number of nitrogens with one attached hydrogen (secondary N) is 3. The first-order valence-electron chi connectivity index (χ1n) is 9.84. The third-order valence-corrected chi connectivity index (χ3v) is 4.29. The van der Waals surface area contributed by atoms with Gasteiger partial charge in [0.1, 0.15) is 5.82 Å². The number of halogens is 2. The van der Waals surface area contributed by atoms with Gasteiger partial charge in [0, 0.05) is 18.8 Å². The number of amides is 1. The largest absolute Gasteiger partial charge is 0.459 e. The van der Waals surface area contributed by atoms with Crippen molar-refractivity contribution >= 4 is 41.5 Å². The van der Waals surface area contributed by atoms with Gasteiger partial charge in [0.15, 0.2) is 11.7 Å². The number of hydrogen-bond acceptors (Lipinski definition) is 3. The molecule has 1 amide bonds. The van der Waals surface area contributed by atoms with Gasteiger partial charge >= 0.3 is 0 Å². The number of rotatable bonds is 8. The van der Waals surface area contributed by atoms with Crippen LogP contribution >= 0.6 is 24.0 Å². The summed E-state index contributed by atoms with van der Waals surface area (Å²) in [6, 6.07) is 17.4. The van der Waals surface area contributed by atoms with Gasteiger partial charge < -0.3 is 20.4 Å². The predicted molar refractivity (Wildman–Crippen MR) is 131 cm³/mol. The highest BCUT2D eigenvalue weighted by atomic mass is 127. The molecule has 8 heteroatoms. The Morgan fingerprint density at radius 3 is 2.58 bits per heavy atom. The zero-order chi connectivity index (χ0) is 21.2. The SMILES string of the molecule is CCNC(=NCc1cccc(NC(=O)c2ccco2)c1)NCCc1cccc(F)c1.I. The Labute approximate surface area is 198 Å². The Morgan fingerprint density at radius 2 is 1.84 bits per heavy atom. The number of benzene rings is 2. The van der Waals surface area contributed by atoms with E-state index < -0.39 is 0 Å². The number of carbonyl (C=O) groups excluding carboxylic acids is 1. The molecule has 3 aromatic rings. The minimum absolute atomic E-state index is 0. The van der Waals surface area contributed by atoms with E-state index in [1.165, 1.54) is 18.4 Å². The van der Waals surface area contributed by atoms with E-state index in [1.54, 1.807) is 18.2 Å². The molecule has 0 aliphatic heterocycles. The molecule has 3 rings (SSSR count). The van der Waals surface area contributed by atoms with Gasteiger partial charge in [-0.05, 0) is 60.9 Å². The van der Waals surface area contributed by atoms with Crippen molar-refractivity contribution in [2.24, 2.45) is 4.99 Å². The molecule has 0 saturated carbocycles. The summed E-state index contributed by atoms with van der Waals surface area (Å²) in [5.74, 6) is 0.411. The van der Waals surface area contributed by atoms with Crippen LogP contribution in [0.15, 0.2) is 76.3 Å². The van der Waals surface area contributed by atoms with Crippen LogP contribution in [0, 0.1) is 5.82 Å². The molecule has 0 fully saturated rings. The van der Waals surface area contributed by atoms with E-state index in [9.17, 15) is 9.18 Å². The molecular formula is C23H26FIN4O2. The molecule has 1 aromatic heterocycles. The fourth-order valence-electron chi connectivity index (χ4n) is 2.88. The van der Waals surface area contributed by atoms with Crippen LogP contribution in [-0.2, 0) is 13.0 Å². The summed E-state index contributed by atoms with van der Waals surface area (Å²) in [6.07, 6.45) is 2.15. The number of guanidine groups is 1. The van der Waals surface area contributed by atoms with Crippen LogP contribution in [0.4, 0.5) is 10.1 Å². The van der Waals surface area contributed by atoms with Crippen molar-refractivity contribution in [3.8, 4) is 0 Å². The van der Waals surface area contributed by atoms with E-state index in [4.69, 9.17) is 4.42 Å². The first-order chi connectivity index (χ1) is 14.6. The number of hydrogen-bond donors (Lipinski definition) is 3. The summed E-state index contributed by atoms with van der Waals surface area (Å²) in [6.45, 7) is 3.80. The van der Waals surface area contributed by atoms with Crippen molar-refractivity contribution < 1.29 is 13.6 Å². The summed E-state index contributed by atoms with van der Waals surface area (Å²) in [5.41, 5.74) is 2.56. The van der Waals surface area contributed by atoms with Crippen molar-refractivity contribution in [2.45, 2.75) is 19.9 Å². The van der Waals surface area contributed by atoms with E-state index in [0.717, 1.165) is 17.7 Å². The molecule has 6 nitrogen and oxygen atoms in total. The molecule has 3 N–H and O–H groups in total. The van der Waals surface area contributed by atoms with Crippen LogP contribution < -0.4 is 16.0 Å². The van der Waals surface area contributed by atoms with Gasteiger partial charge in [0.05, 0.1) is 12.8 Å². The summed E-state index contributed by atoms with van der Waals surface area (Å²) in [5, 5.41) is 9.27. The Morgan fingerprint density at radius 1 is 1.03 bits per heavy atom. The van der Waals surface area contributed by atoms with Gasteiger partial charge in [-0.3, -0.25) is 4.79 Å². The fraction of sp³-hybridized carbons (Fsp3) is 0.217. The van der Waals surface area contributed by atoms with Crippen molar-refractivity contribution in [1.29, 1.82) is 0 Å². The van der Waals surface area contributed by atoms with Gasteiger partial charge in [0.2, 0.25) is 0 Å². The summed E-state index contributed by atoms with van der Waals surface area (Å²) < 4.78 is 18.4. The maximum Gasteiger partial charge on any atom is 0.291 e. The van der Waals surface area contributed by atoms with Gasteiger partial charge in [-0.15, -0.1) is 24.0 Å². The van der Waals surface area contributed by atoms with Gasteiger partial charge in [-0.25, -0.2) is 9.38 Å². The minimum atomic E-state index is -0.298. The molecule has 1 heterocycles. The fourth-order valence-corrected chi connectivity index (χ4v) is 2.88. The van der Waals surface area contributed by atoms with E-state index in [-0.39, 0.29) is 41.5 Å². The Kier molecular flexibility index (Phi) is 10.0. The van der Waals surface area contributed by atoms with Crippen molar-refractivity contribution in [1.82, 2.24) is 10.6 Å². The smallest absolute Gasteiger partial charge is 0.291 e. The molecule has 0 aliphatic carbocycles. The van der Waals surface area contributed by atoms with Crippen LogP contribution in [0.3, 0.4) is 0 Å². The number of aliphatic imine (C=N–C) groups is 1. The highest BCUT2D eigenvalue weighted by molar-refractivity contribution is 14.0. The van der Waals surface area contributed by atoms with E-state index >= 15 is 0 Å².